The highest BCUT2D eigenvalue weighted by Crippen LogP contribution is 2.53. The summed E-state index contributed by atoms with van der Waals surface area (Å²) in [5.41, 5.74) is -1.16. The molecular formula is C14H20N2O5S. The Morgan fingerprint density at radius 1 is 1.41 bits per heavy atom. The number of aliphatic hydroxyl groups is 1. The molecule has 2 aliphatic heterocycles. The van der Waals surface area contributed by atoms with Crippen molar-refractivity contribution in [2.24, 2.45) is 5.92 Å². The molecule has 3 N–H and O–H groups in total. The molecule has 0 saturated carbocycles. The van der Waals surface area contributed by atoms with Gasteiger partial charge in [-0.25, -0.2) is 4.79 Å². The number of carboxylic acids is 1. The van der Waals surface area contributed by atoms with Gasteiger partial charge in [0.2, 0.25) is 11.8 Å². The highest BCUT2D eigenvalue weighted by Gasteiger charge is 2.60. The third-order valence-corrected chi connectivity index (χ3v) is 5.14. The van der Waals surface area contributed by atoms with E-state index >= 15 is 0 Å². The first kappa shape index (κ1) is 16.8. The number of allylic oxidation sites excluding steroid dienone is 1. The van der Waals surface area contributed by atoms with Crippen LogP contribution in [0.1, 0.15) is 33.6 Å². The SMILES string of the molecule is CC(=O)NCCCC1=C(C(=O)O)N2C(=O)C(C(C)(C)O)[C@@H]2S1. The number of aliphatic carboxylic acids is 1. The van der Waals surface area contributed by atoms with Gasteiger partial charge in [-0.05, 0) is 26.7 Å². The second kappa shape index (κ2) is 5.92. The minimum atomic E-state index is -1.18. The number of thioether (sulfide) groups is 1. The number of carboxylic acid groups (broad SMARTS) is 1. The zero-order chi connectivity index (χ0) is 16.7. The Morgan fingerprint density at radius 2 is 2.05 bits per heavy atom. The number of nitrogens with zero attached hydrogens (tertiary/aromatic N) is 1. The molecule has 1 saturated heterocycles. The van der Waals surface area contributed by atoms with E-state index in [2.05, 4.69) is 5.32 Å². The monoisotopic (exact) mass is 328 g/mol. The fourth-order valence-corrected chi connectivity index (χ4v) is 4.47. The van der Waals surface area contributed by atoms with Gasteiger partial charge < -0.3 is 15.5 Å². The number of carbonyl (C=O) groups excluding carboxylic acids is 2. The molecule has 8 heteroatoms. The lowest BCUT2D eigenvalue weighted by atomic mass is 9.82. The van der Waals surface area contributed by atoms with Crippen LogP contribution < -0.4 is 5.32 Å². The van der Waals surface area contributed by atoms with Gasteiger partial charge in [-0.15, -0.1) is 11.8 Å². The molecule has 0 radical (unpaired) electrons. The van der Waals surface area contributed by atoms with Gasteiger partial charge in [0.1, 0.15) is 11.1 Å². The molecule has 2 atom stereocenters. The van der Waals surface area contributed by atoms with E-state index < -0.39 is 17.5 Å². The maximum atomic E-state index is 12.2. The third-order valence-electron chi connectivity index (χ3n) is 3.73. The quantitative estimate of drug-likeness (QED) is 0.484. The van der Waals surface area contributed by atoms with Gasteiger partial charge in [-0.2, -0.15) is 0 Å². The van der Waals surface area contributed by atoms with Crippen LogP contribution in [0.3, 0.4) is 0 Å². The lowest BCUT2D eigenvalue weighted by Crippen LogP contribution is -2.64. The molecule has 22 heavy (non-hydrogen) atoms. The Kier molecular flexibility index (Phi) is 4.53. The van der Waals surface area contributed by atoms with Crippen LogP contribution in [0.25, 0.3) is 0 Å². The van der Waals surface area contributed by atoms with Crippen molar-refractivity contribution in [1.82, 2.24) is 10.2 Å². The highest BCUT2D eigenvalue weighted by molar-refractivity contribution is 8.04. The summed E-state index contributed by atoms with van der Waals surface area (Å²) in [5.74, 6) is -2.21. The minimum absolute atomic E-state index is 0.0170. The zero-order valence-electron chi connectivity index (χ0n) is 12.8. The van der Waals surface area contributed by atoms with Gasteiger partial charge in [-0.1, -0.05) is 0 Å². The Labute approximate surface area is 132 Å². The van der Waals surface area contributed by atoms with E-state index in [1.54, 1.807) is 13.8 Å². The Hall–Kier alpha value is -1.54. The summed E-state index contributed by atoms with van der Waals surface area (Å²) in [4.78, 5) is 36.3. The number of amides is 2. The van der Waals surface area contributed by atoms with Gasteiger partial charge in [0.15, 0.2) is 0 Å². The molecule has 2 heterocycles. The van der Waals surface area contributed by atoms with Crippen molar-refractivity contribution in [2.45, 2.75) is 44.6 Å². The van der Waals surface area contributed by atoms with Gasteiger partial charge in [0.05, 0.1) is 11.5 Å². The molecule has 0 aliphatic carbocycles. The molecule has 0 aromatic rings. The van der Waals surface area contributed by atoms with Crippen LogP contribution in [0.5, 0.6) is 0 Å². The molecule has 2 rings (SSSR count). The first-order valence-electron chi connectivity index (χ1n) is 7.07. The van der Waals surface area contributed by atoms with Gasteiger partial charge >= 0.3 is 5.97 Å². The molecule has 1 fully saturated rings. The number of β-lactam (4-membered cyclic amide) rings is 1. The Bertz CT molecular complexity index is 552. The average molecular weight is 328 g/mol. The van der Waals surface area contributed by atoms with Crippen molar-refractivity contribution in [3.05, 3.63) is 10.6 Å². The normalized spacial score (nSPS) is 24.2. The molecule has 2 aliphatic rings. The molecule has 2 amide bonds. The maximum Gasteiger partial charge on any atom is 0.353 e. The fourth-order valence-electron chi connectivity index (χ4n) is 2.72. The molecule has 122 valence electrons. The van der Waals surface area contributed by atoms with Crippen LogP contribution in [0.2, 0.25) is 0 Å². The van der Waals surface area contributed by atoms with E-state index in [0.29, 0.717) is 24.3 Å². The molecule has 0 bridgehead atoms. The van der Waals surface area contributed by atoms with Gasteiger partial charge in [-0.3, -0.25) is 14.5 Å². The Balaban J connectivity index is 2.08. The van der Waals surface area contributed by atoms with Crippen molar-refractivity contribution in [2.75, 3.05) is 6.54 Å². The summed E-state index contributed by atoms with van der Waals surface area (Å²) in [7, 11) is 0. The largest absolute Gasteiger partial charge is 0.477 e. The maximum absolute atomic E-state index is 12.2. The van der Waals surface area contributed by atoms with Crippen LogP contribution in [0.4, 0.5) is 0 Å². The molecular weight excluding hydrogens is 308 g/mol. The molecule has 0 aromatic heterocycles. The molecule has 1 unspecified atom stereocenters. The average Bonchev–Trinajstić information content (AvgIpc) is 2.67. The smallest absolute Gasteiger partial charge is 0.353 e. The first-order valence-corrected chi connectivity index (χ1v) is 7.95. The number of fused-ring (bicyclic) bond motifs is 1. The first-order chi connectivity index (χ1) is 10.1. The molecule has 7 nitrogen and oxygen atoms in total. The Morgan fingerprint density at radius 3 is 2.55 bits per heavy atom. The second-order valence-corrected chi connectivity index (χ2v) is 7.22. The van der Waals surface area contributed by atoms with Crippen molar-refractivity contribution < 1.29 is 24.6 Å². The van der Waals surface area contributed by atoms with Crippen LogP contribution in [0.15, 0.2) is 10.6 Å². The molecule has 0 spiro atoms. The summed E-state index contributed by atoms with van der Waals surface area (Å²) in [6.07, 6.45) is 1.08. The number of rotatable bonds is 6. The summed E-state index contributed by atoms with van der Waals surface area (Å²) >= 11 is 1.33. The number of hydrogen-bond donors (Lipinski definition) is 3. The number of nitrogens with one attached hydrogen (secondary N) is 1. The summed E-state index contributed by atoms with van der Waals surface area (Å²) in [6, 6.07) is 0. The van der Waals surface area contributed by atoms with E-state index in [1.165, 1.54) is 23.6 Å². The predicted molar refractivity (Wildman–Crippen MR) is 80.6 cm³/mol. The molecule has 0 aromatic carbocycles. The van der Waals surface area contributed by atoms with Gasteiger partial charge in [0.25, 0.3) is 0 Å². The van der Waals surface area contributed by atoms with Crippen molar-refractivity contribution in [3.8, 4) is 0 Å². The zero-order valence-corrected chi connectivity index (χ0v) is 13.6. The third kappa shape index (κ3) is 2.98. The van der Waals surface area contributed by atoms with Crippen molar-refractivity contribution in [3.63, 3.8) is 0 Å². The lowest BCUT2D eigenvalue weighted by molar-refractivity contribution is -0.163. The summed E-state index contributed by atoms with van der Waals surface area (Å²) < 4.78 is 0. The predicted octanol–water partition coefficient (Wildman–Crippen LogP) is 0.501. The van der Waals surface area contributed by atoms with E-state index in [1.807, 2.05) is 0 Å². The number of carbonyl (C=O) groups is 3. The van der Waals surface area contributed by atoms with E-state index in [9.17, 15) is 24.6 Å². The van der Waals surface area contributed by atoms with E-state index in [4.69, 9.17) is 0 Å². The topological polar surface area (TPSA) is 107 Å². The number of hydrogen-bond acceptors (Lipinski definition) is 5. The van der Waals surface area contributed by atoms with Gasteiger partial charge in [0, 0.05) is 18.4 Å². The lowest BCUT2D eigenvalue weighted by Gasteiger charge is -2.47. The standard InChI is InChI=1S/C14H20N2O5S/c1-7(17)15-6-4-5-8-10(13(19)20)16-11(18)9(12(16)22-8)14(2,3)21/h9,12,21H,4-6H2,1-3H3,(H,15,17)(H,19,20)/t9?,12-/m0/s1. The summed E-state index contributed by atoms with van der Waals surface area (Å²) in [5, 5.41) is 21.7. The van der Waals surface area contributed by atoms with Crippen molar-refractivity contribution >= 4 is 29.5 Å². The second-order valence-electron chi connectivity index (χ2n) is 6.01. The summed E-state index contributed by atoms with van der Waals surface area (Å²) in [6.45, 7) is 5.00. The van der Waals surface area contributed by atoms with Crippen molar-refractivity contribution in [1.29, 1.82) is 0 Å². The van der Waals surface area contributed by atoms with Crippen LogP contribution in [0, 0.1) is 5.92 Å². The highest BCUT2D eigenvalue weighted by atomic mass is 32.2. The van der Waals surface area contributed by atoms with Crippen LogP contribution in [-0.2, 0) is 14.4 Å². The fraction of sp³-hybridized carbons (Fsp3) is 0.643. The van der Waals surface area contributed by atoms with E-state index in [0.717, 1.165) is 0 Å². The van der Waals surface area contributed by atoms with E-state index in [-0.39, 0.29) is 22.9 Å². The minimum Gasteiger partial charge on any atom is -0.477 e. The van der Waals surface area contributed by atoms with Crippen LogP contribution >= 0.6 is 11.8 Å². The van der Waals surface area contributed by atoms with Crippen LogP contribution in [-0.4, -0.2) is 50.4 Å².